The van der Waals surface area contributed by atoms with E-state index in [4.69, 9.17) is 4.74 Å². The number of hydrogen-bond acceptors (Lipinski definition) is 7. The first-order chi connectivity index (χ1) is 19.7. The van der Waals surface area contributed by atoms with Crippen LogP contribution in [-0.2, 0) is 16.1 Å². The number of nitrogens with zero attached hydrogens (tertiary/aromatic N) is 4. The van der Waals surface area contributed by atoms with E-state index in [0.717, 1.165) is 22.6 Å². The number of ether oxygens (including phenoxy) is 1. The molecule has 1 atom stereocenters. The maximum atomic E-state index is 14.0. The van der Waals surface area contributed by atoms with Gasteiger partial charge in [0.05, 0.1) is 12.9 Å². The van der Waals surface area contributed by atoms with E-state index in [1.54, 1.807) is 18.1 Å². The second-order valence-electron chi connectivity index (χ2n) is 9.84. The highest BCUT2D eigenvalue weighted by Gasteiger charge is 2.32. The predicted molar refractivity (Wildman–Crippen MR) is 164 cm³/mol. The minimum atomic E-state index is -0.924. The van der Waals surface area contributed by atoms with Gasteiger partial charge in [-0.3, -0.25) is 9.59 Å². The Morgan fingerprint density at radius 2 is 1.59 bits per heavy atom. The highest BCUT2D eigenvalue weighted by Crippen LogP contribution is 2.29. The average molecular weight is 570 g/mol. The fourth-order valence-electron chi connectivity index (χ4n) is 4.41. The highest BCUT2D eigenvalue weighted by atomic mass is 32.2. The molecule has 0 aliphatic carbocycles. The summed E-state index contributed by atoms with van der Waals surface area (Å²) >= 11 is 1.26. The molecule has 8 nitrogen and oxygen atoms in total. The second-order valence-corrected chi connectivity index (χ2v) is 10.8. The van der Waals surface area contributed by atoms with Crippen molar-refractivity contribution in [2.75, 3.05) is 37.2 Å². The van der Waals surface area contributed by atoms with Crippen molar-refractivity contribution in [2.24, 2.45) is 0 Å². The zero-order chi connectivity index (χ0) is 29.4. The monoisotopic (exact) mass is 569 g/mol. The normalized spacial score (nSPS) is 11.4. The lowest BCUT2D eigenvalue weighted by molar-refractivity contribution is -0.137. The van der Waals surface area contributed by atoms with Crippen molar-refractivity contribution in [3.05, 3.63) is 107 Å². The molecule has 41 heavy (non-hydrogen) atoms. The molecule has 0 saturated carbocycles. The third-order valence-corrected chi connectivity index (χ3v) is 7.26. The molecule has 3 aromatic carbocycles. The number of hydrogen-bond donors (Lipinski definition) is 1. The molecule has 1 N–H and O–H groups in total. The van der Waals surface area contributed by atoms with Crippen molar-refractivity contribution >= 4 is 35.0 Å². The molecule has 9 heteroatoms. The van der Waals surface area contributed by atoms with E-state index in [1.165, 1.54) is 11.8 Å². The van der Waals surface area contributed by atoms with Gasteiger partial charge in [0.25, 0.3) is 5.91 Å². The van der Waals surface area contributed by atoms with Gasteiger partial charge in [-0.1, -0.05) is 54.2 Å². The van der Waals surface area contributed by atoms with Crippen LogP contribution in [0.1, 0.15) is 28.6 Å². The summed E-state index contributed by atoms with van der Waals surface area (Å²) in [4.78, 5) is 40.5. The van der Waals surface area contributed by atoms with Gasteiger partial charge < -0.3 is 19.9 Å². The molecule has 1 aromatic heterocycles. The average Bonchev–Trinajstić information content (AvgIpc) is 2.96. The zero-order valence-corrected chi connectivity index (χ0v) is 24.8. The summed E-state index contributed by atoms with van der Waals surface area (Å²) in [5, 5.41) is 3.56. The van der Waals surface area contributed by atoms with Crippen molar-refractivity contribution < 1.29 is 14.3 Å². The Hall–Kier alpha value is -4.37. The molecule has 0 spiro atoms. The zero-order valence-electron chi connectivity index (χ0n) is 24.0. The maximum Gasteiger partial charge on any atom is 0.251 e. The third kappa shape index (κ3) is 8.08. The molecule has 0 aliphatic heterocycles. The van der Waals surface area contributed by atoms with Crippen LogP contribution in [0.4, 0.5) is 11.4 Å². The third-order valence-electron chi connectivity index (χ3n) is 6.42. The lowest BCUT2D eigenvalue weighted by Crippen LogP contribution is -2.41. The van der Waals surface area contributed by atoms with E-state index in [9.17, 15) is 9.59 Å². The van der Waals surface area contributed by atoms with Gasteiger partial charge in [0.2, 0.25) is 5.91 Å². The summed E-state index contributed by atoms with van der Waals surface area (Å²) in [6.45, 7) is 4.04. The van der Waals surface area contributed by atoms with E-state index in [2.05, 4.69) is 15.3 Å². The number of carbonyl (C=O) groups is 2. The van der Waals surface area contributed by atoms with Crippen molar-refractivity contribution in [2.45, 2.75) is 31.6 Å². The second kappa shape index (κ2) is 13.8. The molecule has 0 fully saturated rings. The summed E-state index contributed by atoms with van der Waals surface area (Å²) in [6.07, 6.45) is 0. The van der Waals surface area contributed by atoms with Crippen LogP contribution in [0.15, 0.2) is 90.1 Å². The maximum absolute atomic E-state index is 14.0. The molecule has 0 aliphatic rings. The summed E-state index contributed by atoms with van der Waals surface area (Å²) in [6, 6.07) is 25.5. The number of amides is 2. The van der Waals surface area contributed by atoms with Gasteiger partial charge in [-0.2, -0.15) is 0 Å². The fraction of sp³-hybridized carbons (Fsp3) is 0.250. The quantitative estimate of drug-likeness (QED) is 0.184. The number of anilines is 2. The minimum Gasteiger partial charge on any atom is -0.497 e. The van der Waals surface area contributed by atoms with E-state index in [-0.39, 0.29) is 24.1 Å². The smallest absolute Gasteiger partial charge is 0.251 e. The van der Waals surface area contributed by atoms with Crippen LogP contribution in [0.3, 0.4) is 0 Å². The van der Waals surface area contributed by atoms with Crippen molar-refractivity contribution in [3.8, 4) is 5.75 Å². The van der Waals surface area contributed by atoms with Crippen LogP contribution in [0, 0.1) is 13.8 Å². The molecule has 212 valence electrons. The van der Waals surface area contributed by atoms with E-state index in [0.29, 0.717) is 22.2 Å². The summed E-state index contributed by atoms with van der Waals surface area (Å²) in [5.41, 5.74) is 4.87. The molecule has 1 unspecified atom stereocenters. The van der Waals surface area contributed by atoms with E-state index in [1.807, 2.05) is 112 Å². The Balaban J connectivity index is 1.70. The van der Waals surface area contributed by atoms with Crippen molar-refractivity contribution in [3.63, 3.8) is 0 Å². The molecular formula is C32H35N5O3S. The number of methoxy groups -OCH3 is 1. The number of nitrogens with one attached hydrogen (secondary N) is 1. The number of aromatic nitrogens is 2. The van der Waals surface area contributed by atoms with Crippen LogP contribution in [-0.4, -0.2) is 53.6 Å². The molecule has 4 aromatic rings. The SMILES string of the molecule is COc1cccc(C(C(=O)Nc2ccc(N(C)C)cc2)N(Cc2ccccc2)C(=O)CSc2nc(C)cc(C)n2)c1. The van der Waals surface area contributed by atoms with Gasteiger partial charge in [0.15, 0.2) is 5.16 Å². The van der Waals surface area contributed by atoms with Crippen LogP contribution in [0.25, 0.3) is 0 Å². The first-order valence-electron chi connectivity index (χ1n) is 13.2. The Labute approximate surface area is 245 Å². The van der Waals surface area contributed by atoms with Crippen LogP contribution < -0.4 is 15.0 Å². The molecule has 4 rings (SSSR count). The summed E-state index contributed by atoms with van der Waals surface area (Å²) in [5.74, 6) is 0.127. The first-order valence-corrected chi connectivity index (χ1v) is 14.2. The lowest BCUT2D eigenvalue weighted by Gasteiger charge is -2.32. The Morgan fingerprint density at radius 1 is 0.902 bits per heavy atom. The Morgan fingerprint density at radius 3 is 2.22 bits per heavy atom. The highest BCUT2D eigenvalue weighted by molar-refractivity contribution is 7.99. The summed E-state index contributed by atoms with van der Waals surface area (Å²) < 4.78 is 5.46. The number of benzene rings is 3. The van der Waals surface area contributed by atoms with Crippen molar-refractivity contribution in [1.29, 1.82) is 0 Å². The fourth-order valence-corrected chi connectivity index (χ4v) is 5.24. The van der Waals surface area contributed by atoms with Crippen molar-refractivity contribution in [1.82, 2.24) is 14.9 Å². The van der Waals surface area contributed by atoms with Crippen LogP contribution in [0.5, 0.6) is 5.75 Å². The molecule has 2 amide bonds. The van der Waals surface area contributed by atoms with Gasteiger partial charge in [-0.05, 0) is 67.4 Å². The Kier molecular flexibility index (Phi) is 9.97. The molecule has 1 heterocycles. The number of rotatable bonds is 11. The number of aryl methyl sites for hydroxylation is 2. The minimum absolute atomic E-state index is 0.0704. The van der Waals surface area contributed by atoms with Crippen LogP contribution >= 0.6 is 11.8 Å². The van der Waals surface area contributed by atoms with Gasteiger partial charge >= 0.3 is 0 Å². The molecule has 0 radical (unpaired) electrons. The molecular weight excluding hydrogens is 534 g/mol. The van der Waals surface area contributed by atoms with E-state index >= 15 is 0 Å². The predicted octanol–water partition coefficient (Wildman–Crippen LogP) is 5.67. The Bertz CT molecular complexity index is 1460. The van der Waals surface area contributed by atoms with E-state index < -0.39 is 6.04 Å². The van der Waals surface area contributed by atoms with Gasteiger partial charge in [0, 0.05) is 43.4 Å². The number of thioether (sulfide) groups is 1. The van der Waals surface area contributed by atoms with Crippen LogP contribution in [0.2, 0.25) is 0 Å². The molecule has 0 saturated heterocycles. The molecule has 0 bridgehead atoms. The van der Waals surface area contributed by atoms with Gasteiger partial charge in [-0.25, -0.2) is 9.97 Å². The number of carbonyl (C=O) groups excluding carboxylic acids is 2. The van der Waals surface area contributed by atoms with Gasteiger partial charge in [0.1, 0.15) is 11.8 Å². The largest absolute Gasteiger partial charge is 0.497 e. The lowest BCUT2D eigenvalue weighted by atomic mass is 10.0. The topological polar surface area (TPSA) is 87.7 Å². The first kappa shape index (κ1) is 29.6. The van der Waals surface area contributed by atoms with Gasteiger partial charge in [-0.15, -0.1) is 0 Å². The summed E-state index contributed by atoms with van der Waals surface area (Å²) in [7, 11) is 5.50. The standard InChI is InChI=1S/C32H35N5O3S/c1-22-18-23(2)34-32(33-22)41-21-29(38)37(20-24-10-7-6-8-11-24)30(25-12-9-13-28(19-25)40-5)31(39)35-26-14-16-27(17-15-26)36(3)4/h6-19,30H,20-21H2,1-5H3,(H,35,39).